The van der Waals surface area contributed by atoms with Crippen LogP contribution in [0.25, 0.3) is 11.2 Å². The number of aryl methyl sites for hydroxylation is 1. The van der Waals surface area contributed by atoms with Crippen molar-refractivity contribution in [2.75, 3.05) is 31.1 Å². The average molecular weight is 306 g/mol. The molecule has 8 heteroatoms. The first-order valence-electron chi connectivity index (χ1n) is 7.57. The molecule has 1 aliphatic heterocycles. The molecule has 0 aromatic carbocycles. The third-order valence-corrected chi connectivity index (χ3v) is 4.19. The second-order valence-electron chi connectivity index (χ2n) is 5.99. The molecule has 0 bridgehead atoms. The summed E-state index contributed by atoms with van der Waals surface area (Å²) in [5, 5.41) is 3.31. The van der Waals surface area contributed by atoms with Crippen molar-refractivity contribution in [3.05, 3.63) is 20.8 Å². The smallest absolute Gasteiger partial charge is 0.332 e. The summed E-state index contributed by atoms with van der Waals surface area (Å²) in [5.41, 5.74) is 0.307. The molecule has 8 nitrogen and oxygen atoms in total. The molecule has 0 atom stereocenters. The molecule has 3 rings (SSSR count). The van der Waals surface area contributed by atoms with Crippen molar-refractivity contribution in [2.45, 2.75) is 19.9 Å². The fourth-order valence-corrected chi connectivity index (χ4v) is 2.98. The molecule has 2 aromatic rings. The number of piperazine rings is 1. The first-order valence-corrected chi connectivity index (χ1v) is 7.57. The van der Waals surface area contributed by atoms with Gasteiger partial charge in [-0.15, -0.1) is 0 Å². The zero-order chi connectivity index (χ0) is 16.0. The fourth-order valence-electron chi connectivity index (χ4n) is 2.98. The van der Waals surface area contributed by atoms with Crippen LogP contribution in [0, 0.1) is 0 Å². The number of fused-ring (bicyclic) bond motifs is 1. The summed E-state index contributed by atoms with van der Waals surface area (Å²) in [6.45, 7) is 7.50. The Kier molecular flexibility index (Phi) is 3.56. The number of anilines is 1. The van der Waals surface area contributed by atoms with Gasteiger partial charge in [0.2, 0.25) is 5.95 Å². The number of nitrogens with zero attached hydrogens (tertiary/aromatic N) is 5. The summed E-state index contributed by atoms with van der Waals surface area (Å²) in [6.07, 6.45) is 0. The molecule has 0 spiro atoms. The summed E-state index contributed by atoms with van der Waals surface area (Å²) in [6, 6.07) is 0.0834. The lowest BCUT2D eigenvalue weighted by molar-refractivity contribution is 0.547. The van der Waals surface area contributed by atoms with E-state index in [-0.39, 0.29) is 17.3 Å². The van der Waals surface area contributed by atoms with Gasteiger partial charge in [-0.2, -0.15) is 4.98 Å². The maximum Gasteiger partial charge on any atom is 0.332 e. The van der Waals surface area contributed by atoms with Crippen molar-refractivity contribution >= 4 is 17.1 Å². The van der Waals surface area contributed by atoms with E-state index in [1.807, 2.05) is 18.4 Å². The van der Waals surface area contributed by atoms with Crippen LogP contribution < -0.4 is 21.5 Å². The molecular weight excluding hydrogens is 284 g/mol. The minimum absolute atomic E-state index is 0.0834. The van der Waals surface area contributed by atoms with E-state index in [2.05, 4.69) is 15.2 Å². The summed E-state index contributed by atoms with van der Waals surface area (Å²) in [5.74, 6) is 0.768. The Bertz CT molecular complexity index is 822. The fraction of sp³-hybridized carbons (Fsp3) is 0.643. The van der Waals surface area contributed by atoms with Gasteiger partial charge in [0.25, 0.3) is 5.56 Å². The molecule has 0 aliphatic carbocycles. The zero-order valence-electron chi connectivity index (χ0n) is 13.5. The molecule has 0 radical (unpaired) electrons. The first kappa shape index (κ1) is 14.8. The van der Waals surface area contributed by atoms with E-state index in [1.54, 1.807) is 7.05 Å². The third kappa shape index (κ3) is 2.06. The van der Waals surface area contributed by atoms with Gasteiger partial charge in [-0.05, 0) is 13.8 Å². The van der Waals surface area contributed by atoms with E-state index in [9.17, 15) is 9.59 Å². The van der Waals surface area contributed by atoms with E-state index < -0.39 is 0 Å². The Morgan fingerprint density at radius 3 is 2.32 bits per heavy atom. The van der Waals surface area contributed by atoms with Crippen LogP contribution in [0.3, 0.4) is 0 Å². The highest BCUT2D eigenvalue weighted by molar-refractivity contribution is 5.74. The van der Waals surface area contributed by atoms with Gasteiger partial charge in [0.15, 0.2) is 11.2 Å². The number of hydrogen-bond acceptors (Lipinski definition) is 5. The Labute approximate surface area is 128 Å². The quantitative estimate of drug-likeness (QED) is 0.803. The standard InChI is InChI=1S/C14H22N6O2/c1-9(2)20-10-11(17(3)14(22)18(4)12(10)21)16-13(20)19-7-5-15-6-8-19/h9,15H,5-8H2,1-4H3. The summed E-state index contributed by atoms with van der Waals surface area (Å²) >= 11 is 0. The molecule has 1 aliphatic rings. The van der Waals surface area contributed by atoms with Crippen molar-refractivity contribution in [1.82, 2.24) is 24.0 Å². The van der Waals surface area contributed by atoms with Gasteiger partial charge >= 0.3 is 5.69 Å². The Balaban J connectivity index is 2.36. The van der Waals surface area contributed by atoms with E-state index in [1.165, 1.54) is 11.6 Å². The van der Waals surface area contributed by atoms with Crippen molar-refractivity contribution in [1.29, 1.82) is 0 Å². The average Bonchev–Trinajstić information content (AvgIpc) is 2.92. The maximum atomic E-state index is 12.6. The molecule has 0 unspecified atom stereocenters. The minimum atomic E-state index is -0.349. The van der Waals surface area contributed by atoms with Gasteiger partial charge in [-0.1, -0.05) is 0 Å². The number of hydrogen-bond donors (Lipinski definition) is 1. The largest absolute Gasteiger partial charge is 0.340 e. The van der Waals surface area contributed by atoms with E-state index in [0.717, 1.165) is 36.7 Å². The lowest BCUT2D eigenvalue weighted by Crippen LogP contribution is -2.44. The molecule has 2 aromatic heterocycles. The van der Waals surface area contributed by atoms with E-state index in [0.29, 0.717) is 11.2 Å². The topological polar surface area (TPSA) is 77.1 Å². The van der Waals surface area contributed by atoms with Crippen molar-refractivity contribution in [3.63, 3.8) is 0 Å². The van der Waals surface area contributed by atoms with Crippen LogP contribution in [0.5, 0.6) is 0 Å². The highest BCUT2D eigenvalue weighted by atomic mass is 16.2. The molecule has 1 saturated heterocycles. The molecule has 1 N–H and O–H groups in total. The number of rotatable bonds is 2. The second-order valence-corrected chi connectivity index (χ2v) is 5.99. The van der Waals surface area contributed by atoms with Gasteiger partial charge in [-0.3, -0.25) is 13.9 Å². The van der Waals surface area contributed by atoms with Crippen LogP contribution in [-0.4, -0.2) is 44.9 Å². The van der Waals surface area contributed by atoms with Gasteiger partial charge < -0.3 is 14.8 Å². The summed E-state index contributed by atoms with van der Waals surface area (Å²) < 4.78 is 4.54. The number of aromatic nitrogens is 4. The molecule has 3 heterocycles. The van der Waals surface area contributed by atoms with Crippen molar-refractivity contribution < 1.29 is 0 Å². The van der Waals surface area contributed by atoms with Crippen LogP contribution in [0.4, 0.5) is 5.95 Å². The number of nitrogens with one attached hydrogen (secondary N) is 1. The monoisotopic (exact) mass is 306 g/mol. The second kappa shape index (κ2) is 5.28. The maximum absolute atomic E-state index is 12.6. The lowest BCUT2D eigenvalue weighted by Gasteiger charge is -2.29. The van der Waals surface area contributed by atoms with Crippen LogP contribution >= 0.6 is 0 Å². The van der Waals surface area contributed by atoms with Gasteiger partial charge in [0, 0.05) is 46.3 Å². The summed E-state index contributed by atoms with van der Waals surface area (Å²) in [4.78, 5) is 31.5. The minimum Gasteiger partial charge on any atom is -0.340 e. The molecule has 0 saturated carbocycles. The molecule has 22 heavy (non-hydrogen) atoms. The van der Waals surface area contributed by atoms with E-state index in [4.69, 9.17) is 0 Å². The molecule has 120 valence electrons. The Morgan fingerprint density at radius 1 is 1.09 bits per heavy atom. The third-order valence-electron chi connectivity index (χ3n) is 4.19. The van der Waals surface area contributed by atoms with Crippen molar-refractivity contribution in [3.8, 4) is 0 Å². The first-order chi connectivity index (χ1) is 10.4. The van der Waals surface area contributed by atoms with Crippen LogP contribution in [0.15, 0.2) is 9.59 Å². The van der Waals surface area contributed by atoms with Crippen LogP contribution in [0.1, 0.15) is 19.9 Å². The SMILES string of the molecule is CC(C)n1c(N2CCNCC2)nc2c1c(=O)n(C)c(=O)n2C. The lowest BCUT2D eigenvalue weighted by atomic mass is 10.3. The highest BCUT2D eigenvalue weighted by Crippen LogP contribution is 2.24. The Hall–Kier alpha value is -2.09. The van der Waals surface area contributed by atoms with Gasteiger partial charge in [-0.25, -0.2) is 4.79 Å². The van der Waals surface area contributed by atoms with E-state index >= 15 is 0 Å². The highest BCUT2D eigenvalue weighted by Gasteiger charge is 2.24. The zero-order valence-corrected chi connectivity index (χ0v) is 13.5. The Morgan fingerprint density at radius 2 is 1.73 bits per heavy atom. The predicted molar refractivity (Wildman–Crippen MR) is 85.7 cm³/mol. The van der Waals surface area contributed by atoms with Crippen LogP contribution in [-0.2, 0) is 14.1 Å². The predicted octanol–water partition coefficient (Wildman–Crippen LogP) is -0.576. The molecule has 0 amide bonds. The van der Waals surface area contributed by atoms with Gasteiger partial charge in [0.1, 0.15) is 0 Å². The number of imidazole rings is 1. The molecular formula is C14H22N6O2. The van der Waals surface area contributed by atoms with Crippen molar-refractivity contribution in [2.24, 2.45) is 14.1 Å². The normalized spacial score (nSPS) is 16.0. The molecule has 1 fully saturated rings. The van der Waals surface area contributed by atoms with Crippen LogP contribution in [0.2, 0.25) is 0 Å². The summed E-state index contributed by atoms with van der Waals surface area (Å²) in [7, 11) is 3.16. The van der Waals surface area contributed by atoms with Gasteiger partial charge in [0.05, 0.1) is 0 Å².